The van der Waals surface area contributed by atoms with Gasteiger partial charge in [-0.25, -0.2) is 4.39 Å². The molecule has 0 bridgehead atoms. The maximum Gasteiger partial charge on any atom is 0.185 e. The van der Waals surface area contributed by atoms with Crippen molar-refractivity contribution in [2.45, 2.75) is 13.0 Å². The fourth-order valence-electron chi connectivity index (χ4n) is 2.74. The van der Waals surface area contributed by atoms with Crippen molar-refractivity contribution in [3.63, 3.8) is 0 Å². The van der Waals surface area contributed by atoms with Crippen molar-refractivity contribution in [1.82, 2.24) is 4.90 Å². The Morgan fingerprint density at radius 2 is 1.96 bits per heavy atom. The number of ketones is 1. The number of allylic oxidation sites excluding steroid dienone is 4. The van der Waals surface area contributed by atoms with Gasteiger partial charge in [-0.1, -0.05) is 48.5 Å². The van der Waals surface area contributed by atoms with Crippen LogP contribution >= 0.6 is 0 Å². The lowest BCUT2D eigenvalue weighted by Gasteiger charge is -2.22. The number of carbonyl (C=O) groups is 1. The van der Waals surface area contributed by atoms with E-state index in [0.29, 0.717) is 24.1 Å². The molecule has 2 aromatic carbocycles. The monoisotopic (exact) mass is 344 g/mol. The van der Waals surface area contributed by atoms with E-state index in [1.807, 2.05) is 47.6 Å². The Morgan fingerprint density at radius 1 is 1.15 bits per heavy atom. The van der Waals surface area contributed by atoms with Gasteiger partial charge in [0.25, 0.3) is 0 Å². The third-order valence-corrected chi connectivity index (χ3v) is 3.96. The van der Waals surface area contributed by atoms with Gasteiger partial charge in [-0.3, -0.25) is 4.79 Å². The van der Waals surface area contributed by atoms with E-state index in [4.69, 9.17) is 0 Å². The van der Waals surface area contributed by atoms with Gasteiger partial charge in [0.05, 0.1) is 11.6 Å². The molecule has 0 saturated heterocycles. The smallest absolute Gasteiger partial charge is 0.185 e. The van der Waals surface area contributed by atoms with Crippen molar-refractivity contribution < 1.29 is 9.18 Å². The first-order valence-corrected chi connectivity index (χ1v) is 8.23. The second-order valence-corrected chi connectivity index (χ2v) is 6.01. The van der Waals surface area contributed by atoms with Crippen LogP contribution in [0.15, 0.2) is 90.3 Å². The third kappa shape index (κ3) is 4.55. The molecule has 26 heavy (non-hydrogen) atoms. The van der Waals surface area contributed by atoms with Gasteiger partial charge in [-0.2, -0.15) is 5.26 Å². The molecule has 1 aliphatic rings. The summed E-state index contributed by atoms with van der Waals surface area (Å²) in [6.45, 7) is 0.640. The minimum absolute atomic E-state index is 0.270. The maximum absolute atomic E-state index is 13.2. The zero-order chi connectivity index (χ0) is 18.4. The molecule has 0 N–H and O–H groups in total. The molecule has 3 rings (SSSR count). The summed E-state index contributed by atoms with van der Waals surface area (Å²) in [6, 6.07) is 17.7. The molecule has 0 radical (unpaired) electrons. The van der Waals surface area contributed by atoms with E-state index in [1.165, 1.54) is 24.3 Å². The lowest BCUT2D eigenvalue weighted by Crippen LogP contribution is -2.14. The zero-order valence-corrected chi connectivity index (χ0v) is 14.1. The minimum atomic E-state index is -0.440. The standard InChI is InChI=1S/C22H17FN2O/c23-21-8-4-7-20(12-21)22(26)10-9-18-11-19(13-24)16-25(15-18)14-17-5-2-1-3-6-17/h1-10,12,15-16H,11,14H2. The van der Waals surface area contributed by atoms with Crippen LogP contribution in [0.4, 0.5) is 4.39 Å². The summed E-state index contributed by atoms with van der Waals surface area (Å²) in [5.74, 6) is -0.710. The minimum Gasteiger partial charge on any atom is -0.349 e. The summed E-state index contributed by atoms with van der Waals surface area (Å²) >= 11 is 0. The number of halogens is 1. The summed E-state index contributed by atoms with van der Waals surface area (Å²) in [5.41, 5.74) is 2.90. The first kappa shape index (κ1) is 17.4. The van der Waals surface area contributed by atoms with E-state index in [2.05, 4.69) is 6.07 Å². The van der Waals surface area contributed by atoms with Crippen LogP contribution in [-0.4, -0.2) is 10.7 Å². The second-order valence-electron chi connectivity index (χ2n) is 6.01. The van der Waals surface area contributed by atoms with Gasteiger partial charge in [-0.05, 0) is 29.3 Å². The fraction of sp³-hybridized carbons (Fsp3) is 0.0909. The van der Waals surface area contributed by atoms with Gasteiger partial charge in [0.1, 0.15) is 5.82 Å². The van der Waals surface area contributed by atoms with Crippen molar-refractivity contribution in [2.24, 2.45) is 0 Å². The van der Waals surface area contributed by atoms with E-state index in [-0.39, 0.29) is 5.78 Å². The molecule has 0 unspecified atom stereocenters. The molecule has 1 aliphatic heterocycles. The van der Waals surface area contributed by atoms with Crippen molar-refractivity contribution in [3.05, 3.63) is 107 Å². The molecular formula is C22H17FN2O. The molecule has 0 aromatic heterocycles. The van der Waals surface area contributed by atoms with Crippen LogP contribution in [0.5, 0.6) is 0 Å². The molecule has 0 amide bonds. The van der Waals surface area contributed by atoms with Crippen molar-refractivity contribution in [1.29, 1.82) is 5.26 Å². The Bertz CT molecular complexity index is 936. The quantitative estimate of drug-likeness (QED) is 0.580. The molecular weight excluding hydrogens is 327 g/mol. The molecule has 3 nitrogen and oxygen atoms in total. The van der Waals surface area contributed by atoms with Gasteiger partial charge in [-0.15, -0.1) is 0 Å². The van der Waals surface area contributed by atoms with Crippen molar-refractivity contribution in [2.75, 3.05) is 0 Å². The number of rotatable bonds is 5. The topological polar surface area (TPSA) is 44.1 Å². The van der Waals surface area contributed by atoms with Gasteiger partial charge >= 0.3 is 0 Å². The lowest BCUT2D eigenvalue weighted by atomic mass is 10.0. The Hall–Kier alpha value is -3.45. The summed E-state index contributed by atoms with van der Waals surface area (Å²) in [5, 5.41) is 9.27. The zero-order valence-electron chi connectivity index (χ0n) is 14.1. The number of hydrogen-bond acceptors (Lipinski definition) is 3. The molecule has 0 saturated carbocycles. The Morgan fingerprint density at radius 3 is 2.69 bits per heavy atom. The highest BCUT2D eigenvalue weighted by Gasteiger charge is 2.11. The highest BCUT2D eigenvalue weighted by molar-refractivity contribution is 6.04. The number of nitrogens with zero attached hydrogens (tertiary/aromatic N) is 2. The van der Waals surface area contributed by atoms with Crippen LogP contribution in [-0.2, 0) is 6.54 Å². The van der Waals surface area contributed by atoms with Crippen LogP contribution in [0.25, 0.3) is 0 Å². The second kappa shape index (κ2) is 8.09. The van der Waals surface area contributed by atoms with Crippen molar-refractivity contribution >= 4 is 5.78 Å². The number of hydrogen-bond donors (Lipinski definition) is 0. The van der Waals surface area contributed by atoms with Crippen LogP contribution in [0.1, 0.15) is 22.3 Å². The molecule has 0 spiro atoms. The number of nitriles is 1. The van der Waals surface area contributed by atoms with Crippen LogP contribution < -0.4 is 0 Å². The highest BCUT2D eigenvalue weighted by Crippen LogP contribution is 2.21. The molecule has 4 heteroatoms. The Balaban J connectivity index is 1.75. The molecule has 0 atom stereocenters. The molecule has 0 fully saturated rings. The van der Waals surface area contributed by atoms with Crippen LogP contribution in [0.3, 0.4) is 0 Å². The van der Waals surface area contributed by atoms with Crippen LogP contribution in [0, 0.1) is 17.1 Å². The van der Waals surface area contributed by atoms with E-state index < -0.39 is 5.82 Å². The largest absolute Gasteiger partial charge is 0.349 e. The average Bonchev–Trinajstić information content (AvgIpc) is 2.66. The molecule has 128 valence electrons. The first-order valence-electron chi connectivity index (χ1n) is 8.23. The number of carbonyl (C=O) groups excluding carboxylic acids is 1. The predicted octanol–water partition coefficient (Wildman–Crippen LogP) is 4.76. The Labute approximate surface area is 152 Å². The van der Waals surface area contributed by atoms with Gasteiger partial charge < -0.3 is 4.90 Å². The molecule has 0 aliphatic carbocycles. The SMILES string of the molecule is N#CC1=CN(Cc2ccccc2)C=C(C=CC(=O)c2cccc(F)c2)C1. The van der Waals surface area contributed by atoms with Crippen LogP contribution in [0.2, 0.25) is 0 Å². The average molecular weight is 344 g/mol. The fourth-order valence-corrected chi connectivity index (χ4v) is 2.74. The predicted molar refractivity (Wildman–Crippen MR) is 98.3 cm³/mol. The molecule has 2 aromatic rings. The summed E-state index contributed by atoms with van der Waals surface area (Å²) < 4.78 is 13.2. The summed E-state index contributed by atoms with van der Waals surface area (Å²) in [6.07, 6.45) is 7.31. The Kier molecular flexibility index (Phi) is 5.40. The summed E-state index contributed by atoms with van der Waals surface area (Å²) in [7, 11) is 0. The number of benzene rings is 2. The lowest BCUT2D eigenvalue weighted by molar-refractivity contribution is 0.104. The third-order valence-electron chi connectivity index (χ3n) is 3.96. The van der Waals surface area contributed by atoms with Crippen molar-refractivity contribution in [3.8, 4) is 6.07 Å². The van der Waals surface area contributed by atoms with Gasteiger partial charge in [0, 0.05) is 30.9 Å². The highest BCUT2D eigenvalue weighted by atomic mass is 19.1. The normalized spacial score (nSPS) is 13.9. The van der Waals surface area contributed by atoms with E-state index >= 15 is 0 Å². The maximum atomic E-state index is 13.2. The van der Waals surface area contributed by atoms with Gasteiger partial charge in [0.15, 0.2) is 5.78 Å². The van der Waals surface area contributed by atoms with E-state index in [0.717, 1.165) is 11.1 Å². The molecule has 1 heterocycles. The van der Waals surface area contributed by atoms with Gasteiger partial charge in [0.2, 0.25) is 0 Å². The summed E-state index contributed by atoms with van der Waals surface area (Å²) in [4.78, 5) is 14.1. The van der Waals surface area contributed by atoms with E-state index in [9.17, 15) is 14.4 Å². The first-order chi connectivity index (χ1) is 12.6. The van der Waals surface area contributed by atoms with E-state index in [1.54, 1.807) is 12.1 Å².